The number of benzene rings is 3. The maximum absolute atomic E-state index is 11.0. The lowest BCUT2D eigenvalue weighted by Crippen LogP contribution is -2.11. The van der Waals surface area contributed by atoms with Crippen LogP contribution in [0.3, 0.4) is 0 Å². The lowest BCUT2D eigenvalue weighted by atomic mass is 9.87. The van der Waals surface area contributed by atoms with Crippen LogP contribution in [0.5, 0.6) is 5.75 Å². The van der Waals surface area contributed by atoms with Gasteiger partial charge in [-0.05, 0) is 41.8 Å². The van der Waals surface area contributed by atoms with Gasteiger partial charge in [-0.1, -0.05) is 48.0 Å². The normalized spacial score (nSPS) is 13.1. The highest BCUT2D eigenvalue weighted by Crippen LogP contribution is 2.41. The molecule has 0 aliphatic carbocycles. The van der Waals surface area contributed by atoms with Gasteiger partial charge in [0, 0.05) is 23.3 Å². The molecule has 0 unspecified atom stereocenters. The predicted octanol–water partition coefficient (Wildman–Crippen LogP) is 5.25. The fourth-order valence-electron chi connectivity index (χ4n) is 3.32. The summed E-state index contributed by atoms with van der Waals surface area (Å²) in [5.74, 6) is 0.831. The van der Waals surface area contributed by atoms with Gasteiger partial charge in [-0.25, -0.2) is 0 Å². The van der Waals surface area contributed by atoms with Crippen LogP contribution in [0.1, 0.15) is 22.3 Å². The summed E-state index contributed by atoms with van der Waals surface area (Å²) in [6.07, 6.45) is 0. The number of para-hydroxylation sites is 1. The third-order valence-corrected chi connectivity index (χ3v) is 4.56. The van der Waals surface area contributed by atoms with Crippen molar-refractivity contribution in [2.24, 2.45) is 0 Å². The van der Waals surface area contributed by atoms with E-state index in [2.05, 4.69) is 25.1 Å². The van der Waals surface area contributed by atoms with Crippen LogP contribution >= 0.6 is 0 Å². The van der Waals surface area contributed by atoms with Crippen LogP contribution in [0.15, 0.2) is 72.8 Å². The monoisotopic (exact) mass is 343 g/mol. The van der Waals surface area contributed by atoms with Crippen LogP contribution in [-0.4, -0.2) is 11.5 Å². The number of non-ortho nitro benzene ring substituents is 1. The zero-order valence-electron chi connectivity index (χ0n) is 14.3. The zero-order valence-corrected chi connectivity index (χ0v) is 14.3. The quantitative estimate of drug-likeness (QED) is 0.482. The van der Waals surface area contributed by atoms with Crippen molar-refractivity contribution in [2.45, 2.75) is 6.92 Å². The summed E-state index contributed by atoms with van der Waals surface area (Å²) in [6.45, 7) is 2.53. The smallest absolute Gasteiger partial charge is 0.269 e. The van der Waals surface area contributed by atoms with Crippen LogP contribution in [0, 0.1) is 17.0 Å². The molecule has 4 nitrogen and oxygen atoms in total. The molecular weight excluding hydrogens is 326 g/mol. The van der Waals surface area contributed by atoms with Gasteiger partial charge >= 0.3 is 0 Å². The summed E-state index contributed by atoms with van der Waals surface area (Å²) in [4.78, 5) is 10.6. The van der Waals surface area contributed by atoms with Gasteiger partial charge < -0.3 is 4.74 Å². The van der Waals surface area contributed by atoms with E-state index in [1.165, 1.54) is 5.56 Å². The molecule has 3 aromatic carbocycles. The lowest BCUT2D eigenvalue weighted by Gasteiger charge is -2.25. The maximum Gasteiger partial charge on any atom is 0.269 e. The summed E-state index contributed by atoms with van der Waals surface area (Å²) in [5.41, 5.74) is 6.47. The van der Waals surface area contributed by atoms with E-state index >= 15 is 0 Å². The van der Waals surface area contributed by atoms with Crippen molar-refractivity contribution in [1.29, 1.82) is 0 Å². The topological polar surface area (TPSA) is 52.4 Å². The first-order valence-corrected chi connectivity index (χ1v) is 8.41. The second kappa shape index (κ2) is 6.48. The minimum atomic E-state index is -0.377. The third-order valence-electron chi connectivity index (χ3n) is 4.56. The van der Waals surface area contributed by atoms with Crippen molar-refractivity contribution in [3.05, 3.63) is 105 Å². The number of hydrogen-bond acceptors (Lipinski definition) is 3. The highest BCUT2D eigenvalue weighted by molar-refractivity contribution is 6.01. The average Bonchev–Trinajstić information content (AvgIpc) is 2.67. The van der Waals surface area contributed by atoms with E-state index < -0.39 is 0 Å². The molecule has 0 atom stereocenters. The van der Waals surface area contributed by atoms with Crippen LogP contribution in [0.2, 0.25) is 0 Å². The van der Waals surface area contributed by atoms with Crippen LogP contribution in [-0.2, 0) is 0 Å². The minimum absolute atomic E-state index is 0.0896. The number of hydrogen-bond donors (Lipinski definition) is 0. The van der Waals surface area contributed by atoms with E-state index in [4.69, 9.17) is 4.74 Å². The Hall–Kier alpha value is -3.40. The molecule has 0 amide bonds. The molecule has 0 bridgehead atoms. The number of rotatable bonds is 3. The highest BCUT2D eigenvalue weighted by Gasteiger charge is 2.22. The Morgan fingerprint density at radius 3 is 2.42 bits per heavy atom. The summed E-state index contributed by atoms with van der Waals surface area (Å²) in [5, 5.41) is 11.0. The SMILES string of the molecule is Cc1cccc(C2=C(c3ccc([N+](=O)[O-])cc3)c3ccccc3OC2)c1. The number of nitrogens with zero attached hydrogens (tertiary/aromatic N) is 1. The molecule has 1 aliphatic heterocycles. The molecule has 4 rings (SSSR count). The van der Waals surface area contributed by atoms with Gasteiger partial charge in [-0.3, -0.25) is 10.1 Å². The Labute approximate surface area is 151 Å². The van der Waals surface area contributed by atoms with Crippen LogP contribution in [0.25, 0.3) is 11.1 Å². The summed E-state index contributed by atoms with van der Waals surface area (Å²) < 4.78 is 5.98. The Balaban J connectivity index is 1.95. The van der Waals surface area contributed by atoms with Crippen molar-refractivity contribution in [2.75, 3.05) is 6.61 Å². The number of ether oxygens (including phenoxy) is 1. The minimum Gasteiger partial charge on any atom is -0.488 e. The number of fused-ring (bicyclic) bond motifs is 1. The van der Waals surface area contributed by atoms with Crippen molar-refractivity contribution >= 4 is 16.8 Å². The Morgan fingerprint density at radius 2 is 1.69 bits per heavy atom. The first kappa shape index (κ1) is 16.1. The highest BCUT2D eigenvalue weighted by atomic mass is 16.6. The van der Waals surface area contributed by atoms with Gasteiger partial charge in [0.15, 0.2) is 0 Å². The average molecular weight is 343 g/mol. The van der Waals surface area contributed by atoms with Gasteiger partial charge in [0.2, 0.25) is 0 Å². The summed E-state index contributed by atoms with van der Waals surface area (Å²) in [7, 11) is 0. The van der Waals surface area contributed by atoms with E-state index in [9.17, 15) is 10.1 Å². The molecule has 0 saturated carbocycles. The molecule has 3 aromatic rings. The molecule has 26 heavy (non-hydrogen) atoms. The predicted molar refractivity (Wildman–Crippen MR) is 102 cm³/mol. The van der Waals surface area contributed by atoms with Crippen molar-refractivity contribution in [1.82, 2.24) is 0 Å². The molecular formula is C22H17NO3. The molecule has 0 fully saturated rings. The molecule has 128 valence electrons. The van der Waals surface area contributed by atoms with E-state index in [-0.39, 0.29) is 10.6 Å². The summed E-state index contributed by atoms with van der Waals surface area (Å²) in [6, 6.07) is 22.9. The van der Waals surface area contributed by atoms with Gasteiger partial charge in [0.25, 0.3) is 5.69 Å². The molecule has 0 radical (unpaired) electrons. The molecule has 1 heterocycles. The maximum atomic E-state index is 11.0. The van der Waals surface area contributed by atoms with Gasteiger partial charge in [0.05, 0.1) is 4.92 Å². The molecule has 0 N–H and O–H groups in total. The first-order chi connectivity index (χ1) is 12.6. The van der Waals surface area contributed by atoms with Gasteiger partial charge in [0.1, 0.15) is 12.4 Å². The Bertz CT molecular complexity index is 1020. The van der Waals surface area contributed by atoms with Crippen LogP contribution < -0.4 is 4.74 Å². The second-order valence-electron chi connectivity index (χ2n) is 6.31. The fraction of sp³-hybridized carbons (Fsp3) is 0.0909. The van der Waals surface area contributed by atoms with Gasteiger partial charge in [-0.15, -0.1) is 0 Å². The van der Waals surface area contributed by atoms with Crippen molar-refractivity contribution in [3.63, 3.8) is 0 Å². The zero-order chi connectivity index (χ0) is 18.1. The number of nitro benzene ring substituents is 1. The fourth-order valence-corrected chi connectivity index (χ4v) is 3.32. The number of aryl methyl sites for hydroxylation is 1. The van der Waals surface area contributed by atoms with Crippen molar-refractivity contribution in [3.8, 4) is 5.75 Å². The van der Waals surface area contributed by atoms with E-state index in [1.807, 2.05) is 42.5 Å². The van der Waals surface area contributed by atoms with Crippen molar-refractivity contribution < 1.29 is 9.66 Å². The Morgan fingerprint density at radius 1 is 0.923 bits per heavy atom. The lowest BCUT2D eigenvalue weighted by molar-refractivity contribution is -0.384. The molecule has 0 aromatic heterocycles. The number of nitro groups is 1. The first-order valence-electron chi connectivity index (χ1n) is 8.41. The molecule has 4 heteroatoms. The standard InChI is InChI=1S/C22H17NO3/c1-15-5-4-6-17(13-15)20-14-26-21-8-3-2-7-19(21)22(20)16-9-11-18(12-10-16)23(24)25/h2-13H,14H2,1H3. The largest absolute Gasteiger partial charge is 0.488 e. The molecule has 1 aliphatic rings. The van der Waals surface area contributed by atoms with E-state index in [0.29, 0.717) is 6.61 Å². The summed E-state index contributed by atoms with van der Waals surface area (Å²) >= 11 is 0. The second-order valence-corrected chi connectivity index (χ2v) is 6.31. The molecule has 0 saturated heterocycles. The van der Waals surface area contributed by atoms with E-state index in [1.54, 1.807) is 12.1 Å². The van der Waals surface area contributed by atoms with E-state index in [0.717, 1.165) is 33.6 Å². The third kappa shape index (κ3) is 2.86. The van der Waals surface area contributed by atoms with Crippen LogP contribution in [0.4, 0.5) is 5.69 Å². The Kier molecular flexibility index (Phi) is 4.01. The molecule has 0 spiro atoms. The van der Waals surface area contributed by atoms with Gasteiger partial charge in [-0.2, -0.15) is 0 Å².